The Morgan fingerprint density at radius 3 is 2.46 bits per heavy atom. The Kier molecular flexibility index (Phi) is 6.37. The molecule has 0 aliphatic heterocycles. The normalized spacial score (nSPS) is 10.2. The fourth-order valence-corrected chi connectivity index (χ4v) is 2.28. The van der Waals surface area contributed by atoms with E-state index in [9.17, 15) is 9.59 Å². The van der Waals surface area contributed by atoms with Gasteiger partial charge in [0.15, 0.2) is 0 Å². The lowest BCUT2D eigenvalue weighted by molar-refractivity contribution is -0.115. The predicted molar refractivity (Wildman–Crippen MR) is 96.9 cm³/mol. The molecule has 2 aromatic carbocycles. The Balaban J connectivity index is 2.02. The maximum atomic E-state index is 12.2. The minimum atomic E-state index is -0.174. The van der Waals surface area contributed by atoms with Gasteiger partial charge in [0.1, 0.15) is 0 Å². The van der Waals surface area contributed by atoms with Gasteiger partial charge in [-0.3, -0.25) is 9.59 Å². The zero-order chi connectivity index (χ0) is 17.4. The number of rotatable bonds is 7. The second kappa shape index (κ2) is 8.72. The number of hydrogen-bond donors (Lipinski definition) is 3. The third kappa shape index (κ3) is 5.12. The lowest BCUT2D eigenvalue weighted by Crippen LogP contribution is -2.26. The molecule has 0 radical (unpaired) electrons. The Bertz CT molecular complexity index is 696. The summed E-state index contributed by atoms with van der Waals surface area (Å²) in [6.07, 6.45) is 2.17. The van der Waals surface area contributed by atoms with Crippen molar-refractivity contribution in [1.82, 2.24) is 5.32 Å². The van der Waals surface area contributed by atoms with Crippen molar-refractivity contribution in [3.8, 4) is 0 Å². The molecule has 0 aromatic heterocycles. The van der Waals surface area contributed by atoms with Gasteiger partial charge < -0.3 is 16.4 Å². The number of nitrogen functional groups attached to an aromatic ring is 1. The average Bonchev–Trinajstić information content (AvgIpc) is 2.57. The molecule has 0 bridgehead atoms. The summed E-state index contributed by atoms with van der Waals surface area (Å²) in [5, 5.41) is 5.68. The van der Waals surface area contributed by atoms with Crippen LogP contribution in [0.15, 0.2) is 48.5 Å². The first-order chi connectivity index (χ1) is 11.6. The minimum Gasteiger partial charge on any atom is -0.399 e. The van der Waals surface area contributed by atoms with Gasteiger partial charge in [-0.1, -0.05) is 37.6 Å². The monoisotopic (exact) mass is 325 g/mol. The lowest BCUT2D eigenvalue weighted by Gasteiger charge is -2.11. The molecule has 0 fully saturated rings. The summed E-state index contributed by atoms with van der Waals surface area (Å²) < 4.78 is 0. The minimum absolute atomic E-state index is 0.173. The van der Waals surface area contributed by atoms with Crippen LogP contribution in [-0.2, 0) is 11.2 Å². The van der Waals surface area contributed by atoms with Crippen LogP contribution < -0.4 is 16.4 Å². The third-order valence-electron chi connectivity index (χ3n) is 3.61. The van der Waals surface area contributed by atoms with Crippen LogP contribution in [0.5, 0.6) is 0 Å². The number of carbonyl (C=O) groups is 2. The summed E-state index contributed by atoms with van der Waals surface area (Å²) >= 11 is 0. The van der Waals surface area contributed by atoms with Gasteiger partial charge in [0, 0.05) is 12.2 Å². The van der Waals surface area contributed by atoms with Crippen LogP contribution in [0.3, 0.4) is 0 Å². The van der Waals surface area contributed by atoms with Crippen molar-refractivity contribution in [3.63, 3.8) is 0 Å². The number of carbonyl (C=O) groups excluding carboxylic acids is 2. The predicted octanol–water partition coefficient (Wildman–Crippen LogP) is 2.98. The van der Waals surface area contributed by atoms with Crippen LogP contribution in [-0.4, -0.2) is 18.4 Å². The van der Waals surface area contributed by atoms with Crippen LogP contribution in [0.25, 0.3) is 0 Å². The quantitative estimate of drug-likeness (QED) is 0.540. The number of amides is 2. The molecular formula is C19H23N3O2. The summed E-state index contributed by atoms with van der Waals surface area (Å²) in [6.45, 7) is 2.70. The molecule has 4 N–H and O–H groups in total. The molecule has 5 heteroatoms. The summed E-state index contributed by atoms with van der Waals surface area (Å²) in [7, 11) is 0. The van der Waals surface area contributed by atoms with Crippen molar-refractivity contribution < 1.29 is 9.59 Å². The summed E-state index contributed by atoms with van der Waals surface area (Å²) in [5.41, 5.74) is 8.16. The van der Waals surface area contributed by atoms with Crippen LogP contribution in [0.4, 0.5) is 11.4 Å². The number of nitrogens with two attached hydrogens (primary N) is 1. The van der Waals surface area contributed by atoms with Gasteiger partial charge in [-0.05, 0) is 36.2 Å². The van der Waals surface area contributed by atoms with Crippen LogP contribution in [0.2, 0.25) is 0 Å². The second-order valence-corrected chi connectivity index (χ2v) is 5.62. The van der Waals surface area contributed by atoms with E-state index in [1.807, 2.05) is 12.1 Å². The smallest absolute Gasteiger partial charge is 0.253 e. The molecule has 2 rings (SSSR count). The van der Waals surface area contributed by atoms with E-state index in [1.54, 1.807) is 36.4 Å². The largest absolute Gasteiger partial charge is 0.399 e. The first-order valence-corrected chi connectivity index (χ1v) is 8.11. The number of nitrogens with one attached hydrogen (secondary N) is 2. The van der Waals surface area contributed by atoms with E-state index in [0.717, 1.165) is 18.4 Å². The number of anilines is 2. The summed E-state index contributed by atoms with van der Waals surface area (Å²) in [6, 6.07) is 14.2. The Morgan fingerprint density at radius 1 is 1.04 bits per heavy atom. The summed E-state index contributed by atoms with van der Waals surface area (Å²) in [4.78, 5) is 24.5. The molecule has 24 heavy (non-hydrogen) atoms. The molecule has 0 atom stereocenters. The van der Waals surface area contributed by atoms with Gasteiger partial charge in [-0.25, -0.2) is 0 Å². The third-order valence-corrected chi connectivity index (χ3v) is 3.61. The van der Waals surface area contributed by atoms with Gasteiger partial charge in [-0.15, -0.1) is 0 Å². The van der Waals surface area contributed by atoms with Gasteiger partial charge in [-0.2, -0.15) is 0 Å². The molecular weight excluding hydrogens is 302 g/mol. The lowest BCUT2D eigenvalue weighted by atomic mass is 10.1. The zero-order valence-corrected chi connectivity index (χ0v) is 13.8. The second-order valence-electron chi connectivity index (χ2n) is 5.62. The molecule has 0 aliphatic carbocycles. The molecule has 0 saturated carbocycles. The molecule has 2 aromatic rings. The standard InChI is InChI=1S/C19H23N3O2/c1-2-3-12-21-19(24)16-6-4-5-7-17(16)22-18(23)13-14-8-10-15(20)11-9-14/h4-11H,2-3,12-13,20H2,1H3,(H,21,24)(H,22,23). The van der Waals surface area contributed by atoms with Gasteiger partial charge in [0.05, 0.1) is 17.7 Å². The topological polar surface area (TPSA) is 84.2 Å². The molecule has 0 heterocycles. The molecule has 2 amide bonds. The van der Waals surface area contributed by atoms with E-state index >= 15 is 0 Å². The summed E-state index contributed by atoms with van der Waals surface area (Å²) in [5.74, 6) is -0.347. The van der Waals surface area contributed by atoms with E-state index < -0.39 is 0 Å². The van der Waals surface area contributed by atoms with E-state index in [-0.39, 0.29) is 18.2 Å². The van der Waals surface area contributed by atoms with Gasteiger partial charge in [0.25, 0.3) is 5.91 Å². The SMILES string of the molecule is CCCCNC(=O)c1ccccc1NC(=O)Cc1ccc(N)cc1. The highest BCUT2D eigenvalue weighted by molar-refractivity contribution is 6.04. The van der Waals surface area contributed by atoms with Crippen molar-refractivity contribution in [2.75, 3.05) is 17.6 Å². The van der Waals surface area contributed by atoms with E-state index in [0.29, 0.717) is 23.5 Å². The zero-order valence-electron chi connectivity index (χ0n) is 13.8. The average molecular weight is 325 g/mol. The van der Waals surface area contributed by atoms with Crippen LogP contribution >= 0.6 is 0 Å². The van der Waals surface area contributed by atoms with Crippen molar-refractivity contribution in [2.45, 2.75) is 26.2 Å². The fraction of sp³-hybridized carbons (Fsp3) is 0.263. The first kappa shape index (κ1) is 17.5. The first-order valence-electron chi connectivity index (χ1n) is 8.11. The van der Waals surface area contributed by atoms with Crippen molar-refractivity contribution in [2.24, 2.45) is 0 Å². The van der Waals surface area contributed by atoms with E-state index in [1.165, 1.54) is 0 Å². The Hall–Kier alpha value is -2.82. The number of para-hydroxylation sites is 1. The van der Waals surface area contributed by atoms with E-state index in [4.69, 9.17) is 5.73 Å². The Morgan fingerprint density at radius 2 is 1.75 bits per heavy atom. The molecule has 0 spiro atoms. The van der Waals surface area contributed by atoms with Crippen molar-refractivity contribution >= 4 is 23.2 Å². The maximum Gasteiger partial charge on any atom is 0.253 e. The van der Waals surface area contributed by atoms with E-state index in [2.05, 4.69) is 17.6 Å². The van der Waals surface area contributed by atoms with Gasteiger partial charge >= 0.3 is 0 Å². The number of hydrogen-bond acceptors (Lipinski definition) is 3. The Labute approximate surface area is 142 Å². The van der Waals surface area contributed by atoms with Crippen molar-refractivity contribution in [1.29, 1.82) is 0 Å². The highest BCUT2D eigenvalue weighted by Crippen LogP contribution is 2.16. The van der Waals surface area contributed by atoms with Crippen molar-refractivity contribution in [3.05, 3.63) is 59.7 Å². The number of unbranched alkanes of at least 4 members (excludes halogenated alkanes) is 1. The van der Waals surface area contributed by atoms with Crippen LogP contribution in [0, 0.1) is 0 Å². The fourth-order valence-electron chi connectivity index (χ4n) is 2.28. The molecule has 5 nitrogen and oxygen atoms in total. The number of benzene rings is 2. The highest BCUT2D eigenvalue weighted by Gasteiger charge is 2.12. The molecule has 126 valence electrons. The molecule has 0 aliphatic rings. The molecule has 0 unspecified atom stereocenters. The molecule has 0 saturated heterocycles. The highest BCUT2D eigenvalue weighted by atomic mass is 16.2. The van der Waals surface area contributed by atoms with Gasteiger partial charge in [0.2, 0.25) is 5.91 Å². The van der Waals surface area contributed by atoms with Crippen LogP contribution in [0.1, 0.15) is 35.7 Å². The maximum absolute atomic E-state index is 12.2.